The average Bonchev–Trinajstić information content (AvgIpc) is 2.51. The van der Waals surface area contributed by atoms with Gasteiger partial charge >= 0.3 is 0 Å². The van der Waals surface area contributed by atoms with Gasteiger partial charge in [0.15, 0.2) is 0 Å². The number of carbonyl (C=O) groups is 1. The zero-order valence-corrected chi connectivity index (χ0v) is 13.3. The molecule has 122 valence electrons. The molecule has 5 heteroatoms. The number of amides is 1. The summed E-state index contributed by atoms with van der Waals surface area (Å²) in [7, 11) is 3.81. The van der Waals surface area contributed by atoms with E-state index in [1.165, 1.54) is 6.07 Å². The molecule has 0 aliphatic carbocycles. The number of carbonyl (C=O) groups excluding carboxylic acids is 1. The maximum absolute atomic E-state index is 13.9. The Morgan fingerprint density at radius 2 is 1.70 bits per heavy atom. The third kappa shape index (κ3) is 4.86. The van der Waals surface area contributed by atoms with Crippen LogP contribution in [-0.4, -0.2) is 42.9 Å². The molecule has 0 saturated carbocycles. The van der Waals surface area contributed by atoms with Gasteiger partial charge in [0.1, 0.15) is 11.6 Å². The first-order chi connectivity index (χ1) is 11.0. The predicted molar refractivity (Wildman–Crippen MR) is 86.1 cm³/mol. The fourth-order valence-electron chi connectivity index (χ4n) is 2.21. The number of hydrogen-bond acceptors (Lipinski definition) is 2. The van der Waals surface area contributed by atoms with E-state index in [1.807, 2.05) is 49.3 Å². The smallest absolute Gasteiger partial charge is 0.257 e. The molecular weight excluding hydrogens is 298 g/mol. The van der Waals surface area contributed by atoms with Crippen LogP contribution in [0.1, 0.15) is 15.9 Å². The van der Waals surface area contributed by atoms with Crippen molar-refractivity contribution >= 4 is 5.91 Å². The van der Waals surface area contributed by atoms with Crippen molar-refractivity contribution in [3.8, 4) is 0 Å². The summed E-state index contributed by atoms with van der Waals surface area (Å²) in [6, 6.07) is 12.5. The molecule has 0 unspecified atom stereocenters. The maximum atomic E-state index is 13.9. The van der Waals surface area contributed by atoms with Crippen molar-refractivity contribution in [2.75, 3.05) is 27.2 Å². The Morgan fingerprint density at radius 3 is 2.30 bits per heavy atom. The van der Waals surface area contributed by atoms with Gasteiger partial charge in [0, 0.05) is 25.7 Å². The van der Waals surface area contributed by atoms with Gasteiger partial charge in [-0.2, -0.15) is 0 Å². The topological polar surface area (TPSA) is 23.6 Å². The van der Waals surface area contributed by atoms with Crippen LogP contribution in [0.4, 0.5) is 8.78 Å². The monoisotopic (exact) mass is 318 g/mol. The number of likely N-dealkylation sites (N-methyl/N-ethyl adjacent to an activating group) is 1. The molecule has 0 aliphatic heterocycles. The molecule has 2 aromatic rings. The van der Waals surface area contributed by atoms with E-state index < -0.39 is 17.5 Å². The van der Waals surface area contributed by atoms with E-state index in [2.05, 4.69) is 0 Å². The summed E-state index contributed by atoms with van der Waals surface area (Å²) in [4.78, 5) is 16.2. The second kappa shape index (κ2) is 7.83. The average molecular weight is 318 g/mol. The third-order valence-electron chi connectivity index (χ3n) is 3.48. The summed E-state index contributed by atoms with van der Waals surface area (Å²) in [6.45, 7) is 1.49. The van der Waals surface area contributed by atoms with Gasteiger partial charge in [-0.25, -0.2) is 8.78 Å². The number of rotatable bonds is 6. The highest BCUT2D eigenvalue weighted by atomic mass is 19.1. The SMILES string of the molecule is CN(C)CCN(Cc1ccccc1)C(=O)c1ccc(F)cc1F. The molecular formula is C18H20F2N2O. The number of benzene rings is 2. The second-order valence-corrected chi connectivity index (χ2v) is 5.64. The molecule has 0 spiro atoms. The highest BCUT2D eigenvalue weighted by Crippen LogP contribution is 2.14. The Kier molecular flexibility index (Phi) is 5.82. The summed E-state index contributed by atoms with van der Waals surface area (Å²) in [5.41, 5.74) is 0.850. The van der Waals surface area contributed by atoms with Crippen LogP contribution in [0.15, 0.2) is 48.5 Å². The van der Waals surface area contributed by atoms with Crippen molar-refractivity contribution in [2.45, 2.75) is 6.54 Å². The molecule has 0 heterocycles. The van der Waals surface area contributed by atoms with Crippen molar-refractivity contribution in [1.29, 1.82) is 0 Å². The van der Waals surface area contributed by atoms with E-state index in [9.17, 15) is 13.6 Å². The second-order valence-electron chi connectivity index (χ2n) is 5.64. The Bertz CT molecular complexity index is 659. The molecule has 3 nitrogen and oxygen atoms in total. The minimum absolute atomic E-state index is 0.110. The van der Waals surface area contributed by atoms with Gasteiger partial charge in [-0.15, -0.1) is 0 Å². The standard InChI is InChI=1S/C18H20F2N2O/c1-21(2)10-11-22(13-14-6-4-3-5-7-14)18(23)16-9-8-15(19)12-17(16)20/h3-9,12H,10-11,13H2,1-2H3. The first-order valence-corrected chi connectivity index (χ1v) is 7.40. The van der Waals surface area contributed by atoms with Gasteiger partial charge in [0.05, 0.1) is 5.56 Å². The van der Waals surface area contributed by atoms with E-state index in [-0.39, 0.29) is 5.56 Å². The van der Waals surface area contributed by atoms with E-state index in [1.54, 1.807) is 4.90 Å². The van der Waals surface area contributed by atoms with Crippen molar-refractivity contribution in [3.63, 3.8) is 0 Å². The lowest BCUT2D eigenvalue weighted by atomic mass is 10.1. The molecule has 0 aromatic heterocycles. The Hall–Kier alpha value is -2.27. The molecule has 1 amide bonds. The van der Waals surface area contributed by atoms with E-state index in [0.717, 1.165) is 17.7 Å². The van der Waals surface area contributed by atoms with Gasteiger partial charge in [-0.05, 0) is 31.8 Å². The van der Waals surface area contributed by atoms with E-state index in [0.29, 0.717) is 19.6 Å². The Balaban J connectivity index is 2.22. The highest BCUT2D eigenvalue weighted by molar-refractivity contribution is 5.94. The van der Waals surface area contributed by atoms with E-state index in [4.69, 9.17) is 0 Å². The quantitative estimate of drug-likeness (QED) is 0.817. The van der Waals surface area contributed by atoms with Gasteiger partial charge in [0.2, 0.25) is 0 Å². The summed E-state index contributed by atoms with van der Waals surface area (Å²) >= 11 is 0. The lowest BCUT2D eigenvalue weighted by Gasteiger charge is -2.25. The van der Waals surface area contributed by atoms with Crippen LogP contribution in [0.25, 0.3) is 0 Å². The molecule has 2 aromatic carbocycles. The number of halogens is 2. The first kappa shape index (κ1) is 17.1. The first-order valence-electron chi connectivity index (χ1n) is 7.40. The third-order valence-corrected chi connectivity index (χ3v) is 3.48. The molecule has 0 saturated heterocycles. The number of hydrogen-bond donors (Lipinski definition) is 0. The fraction of sp³-hybridized carbons (Fsp3) is 0.278. The van der Waals surface area contributed by atoms with E-state index >= 15 is 0 Å². The van der Waals surface area contributed by atoms with Crippen LogP contribution >= 0.6 is 0 Å². The van der Waals surface area contributed by atoms with Crippen LogP contribution in [0, 0.1) is 11.6 Å². The summed E-state index contributed by atoms with van der Waals surface area (Å²) < 4.78 is 26.9. The molecule has 0 bridgehead atoms. The molecule has 2 rings (SSSR count). The fourth-order valence-corrected chi connectivity index (χ4v) is 2.21. The van der Waals surface area contributed by atoms with Crippen LogP contribution < -0.4 is 0 Å². The zero-order chi connectivity index (χ0) is 16.8. The van der Waals surface area contributed by atoms with Crippen molar-refractivity contribution in [3.05, 3.63) is 71.3 Å². The Morgan fingerprint density at radius 1 is 1.00 bits per heavy atom. The van der Waals surface area contributed by atoms with Crippen LogP contribution in [-0.2, 0) is 6.54 Å². The minimum atomic E-state index is -0.835. The summed E-state index contributed by atoms with van der Waals surface area (Å²) in [6.07, 6.45) is 0. The number of nitrogens with zero attached hydrogens (tertiary/aromatic N) is 2. The molecule has 0 atom stereocenters. The zero-order valence-electron chi connectivity index (χ0n) is 13.3. The molecule has 0 fully saturated rings. The van der Waals surface area contributed by atoms with Gasteiger partial charge < -0.3 is 9.80 Å². The molecule has 0 radical (unpaired) electrons. The molecule has 23 heavy (non-hydrogen) atoms. The van der Waals surface area contributed by atoms with Crippen LogP contribution in [0.3, 0.4) is 0 Å². The summed E-state index contributed by atoms with van der Waals surface area (Å²) in [5, 5.41) is 0. The lowest BCUT2D eigenvalue weighted by molar-refractivity contribution is 0.0727. The van der Waals surface area contributed by atoms with Crippen LogP contribution in [0.2, 0.25) is 0 Å². The largest absolute Gasteiger partial charge is 0.333 e. The summed E-state index contributed by atoms with van der Waals surface area (Å²) in [5.74, 6) is -1.96. The van der Waals surface area contributed by atoms with Crippen LogP contribution in [0.5, 0.6) is 0 Å². The van der Waals surface area contributed by atoms with Crippen molar-refractivity contribution in [2.24, 2.45) is 0 Å². The molecule has 0 N–H and O–H groups in total. The van der Waals surface area contributed by atoms with Crippen molar-refractivity contribution < 1.29 is 13.6 Å². The van der Waals surface area contributed by atoms with Gasteiger partial charge in [-0.1, -0.05) is 30.3 Å². The highest BCUT2D eigenvalue weighted by Gasteiger charge is 2.20. The predicted octanol–water partition coefficient (Wildman–Crippen LogP) is 3.17. The Labute approximate surface area is 135 Å². The van der Waals surface area contributed by atoms with Gasteiger partial charge in [-0.3, -0.25) is 4.79 Å². The van der Waals surface area contributed by atoms with Gasteiger partial charge in [0.25, 0.3) is 5.91 Å². The lowest BCUT2D eigenvalue weighted by Crippen LogP contribution is -2.36. The normalized spacial score (nSPS) is 10.8. The minimum Gasteiger partial charge on any atom is -0.333 e. The molecule has 0 aliphatic rings. The van der Waals surface area contributed by atoms with Crippen molar-refractivity contribution in [1.82, 2.24) is 9.80 Å². The maximum Gasteiger partial charge on any atom is 0.257 e.